The number of aromatic nitrogens is 1. The number of carbonyl (C=O) groups excluding carboxylic acids is 1. The molecule has 1 N–H and O–H groups in total. The highest BCUT2D eigenvalue weighted by Crippen LogP contribution is 2.27. The molecule has 1 heterocycles. The average molecular weight is 303 g/mol. The Hall–Kier alpha value is -1.72. The molecule has 1 aromatic heterocycles. The van der Waals surface area contributed by atoms with E-state index in [1.54, 1.807) is 11.9 Å². The summed E-state index contributed by atoms with van der Waals surface area (Å²) in [5, 5.41) is 5.78. The molecular weight excluding hydrogens is 282 g/mol. The summed E-state index contributed by atoms with van der Waals surface area (Å²) in [4.78, 5) is 18.5. The van der Waals surface area contributed by atoms with Crippen molar-refractivity contribution in [2.45, 2.75) is 13.8 Å². The topological polar surface area (TPSA) is 45.2 Å². The molecule has 112 valence electrons. The number of aryl methyl sites for hydroxylation is 2. The van der Waals surface area contributed by atoms with Gasteiger partial charge in [-0.2, -0.15) is 0 Å². The first-order chi connectivity index (χ1) is 10.0. The molecule has 1 aromatic carbocycles. The standard InChI is InChI=1S/C16H21N3OS/c1-11-5-6-13(12(2)9-11)15-18-14(10-21-15)16(20)19(4)8-7-17-3/h5-6,9-10,17H,7-8H2,1-4H3. The summed E-state index contributed by atoms with van der Waals surface area (Å²) in [6.45, 7) is 5.59. The summed E-state index contributed by atoms with van der Waals surface area (Å²) in [6.07, 6.45) is 0. The van der Waals surface area contributed by atoms with Crippen LogP contribution in [0.15, 0.2) is 23.6 Å². The fourth-order valence-corrected chi connectivity index (χ4v) is 3.01. The van der Waals surface area contributed by atoms with E-state index >= 15 is 0 Å². The van der Waals surface area contributed by atoms with Crippen molar-refractivity contribution in [1.29, 1.82) is 0 Å². The van der Waals surface area contributed by atoms with E-state index < -0.39 is 0 Å². The maximum atomic E-state index is 12.3. The minimum Gasteiger partial charge on any atom is -0.339 e. The quantitative estimate of drug-likeness (QED) is 0.924. The van der Waals surface area contributed by atoms with Gasteiger partial charge in [0.1, 0.15) is 10.7 Å². The van der Waals surface area contributed by atoms with Crippen LogP contribution in [0, 0.1) is 13.8 Å². The molecule has 0 radical (unpaired) electrons. The van der Waals surface area contributed by atoms with Gasteiger partial charge in [0, 0.05) is 31.1 Å². The Morgan fingerprint density at radius 2 is 2.14 bits per heavy atom. The SMILES string of the molecule is CNCCN(C)C(=O)c1csc(-c2ccc(C)cc2C)n1. The molecule has 0 saturated heterocycles. The zero-order valence-electron chi connectivity index (χ0n) is 12.9. The third-order valence-electron chi connectivity index (χ3n) is 3.38. The van der Waals surface area contributed by atoms with Crippen LogP contribution >= 0.6 is 11.3 Å². The minimum atomic E-state index is -0.0301. The lowest BCUT2D eigenvalue weighted by atomic mass is 10.1. The van der Waals surface area contributed by atoms with Gasteiger partial charge in [-0.15, -0.1) is 11.3 Å². The molecule has 0 aliphatic heterocycles. The first kappa shape index (κ1) is 15.7. The van der Waals surface area contributed by atoms with Crippen molar-refractivity contribution >= 4 is 17.2 Å². The monoisotopic (exact) mass is 303 g/mol. The first-order valence-electron chi connectivity index (χ1n) is 6.96. The molecule has 0 aliphatic carbocycles. The van der Waals surface area contributed by atoms with Crippen molar-refractivity contribution in [3.8, 4) is 10.6 Å². The summed E-state index contributed by atoms with van der Waals surface area (Å²) in [7, 11) is 3.68. The summed E-state index contributed by atoms with van der Waals surface area (Å²) in [5.41, 5.74) is 4.04. The lowest BCUT2D eigenvalue weighted by Crippen LogP contribution is -2.32. The number of carbonyl (C=O) groups is 1. The molecule has 0 unspecified atom stereocenters. The molecule has 0 saturated carbocycles. The number of hydrogen-bond acceptors (Lipinski definition) is 4. The van der Waals surface area contributed by atoms with Gasteiger partial charge in [0.05, 0.1) is 0 Å². The Bertz CT molecular complexity index is 636. The fraction of sp³-hybridized carbons (Fsp3) is 0.375. The maximum Gasteiger partial charge on any atom is 0.273 e. The van der Waals surface area contributed by atoms with Crippen molar-refractivity contribution in [1.82, 2.24) is 15.2 Å². The van der Waals surface area contributed by atoms with Gasteiger partial charge in [-0.1, -0.05) is 23.8 Å². The van der Waals surface area contributed by atoms with Gasteiger partial charge in [-0.3, -0.25) is 4.79 Å². The van der Waals surface area contributed by atoms with Crippen LogP contribution in [0.3, 0.4) is 0 Å². The number of nitrogens with one attached hydrogen (secondary N) is 1. The van der Waals surface area contributed by atoms with E-state index in [-0.39, 0.29) is 5.91 Å². The van der Waals surface area contributed by atoms with Gasteiger partial charge in [0.25, 0.3) is 5.91 Å². The van der Waals surface area contributed by atoms with E-state index in [4.69, 9.17) is 0 Å². The van der Waals surface area contributed by atoms with Gasteiger partial charge in [-0.05, 0) is 26.5 Å². The second kappa shape index (κ2) is 6.83. The molecule has 0 aliphatic rings. The van der Waals surface area contributed by atoms with E-state index in [0.29, 0.717) is 12.2 Å². The molecular formula is C16H21N3OS. The fourth-order valence-electron chi connectivity index (χ4n) is 2.13. The third-order valence-corrected chi connectivity index (χ3v) is 4.26. The molecule has 21 heavy (non-hydrogen) atoms. The summed E-state index contributed by atoms with van der Waals surface area (Å²) < 4.78 is 0. The van der Waals surface area contributed by atoms with Crippen LogP contribution in [0.1, 0.15) is 21.6 Å². The van der Waals surface area contributed by atoms with Crippen molar-refractivity contribution in [2.75, 3.05) is 27.2 Å². The Balaban J connectivity index is 2.19. The van der Waals surface area contributed by atoms with Gasteiger partial charge in [0.2, 0.25) is 0 Å². The molecule has 2 rings (SSSR count). The Morgan fingerprint density at radius 3 is 2.81 bits per heavy atom. The Kier molecular flexibility index (Phi) is 5.09. The second-order valence-electron chi connectivity index (χ2n) is 5.19. The molecule has 5 heteroatoms. The highest BCUT2D eigenvalue weighted by atomic mass is 32.1. The van der Waals surface area contributed by atoms with Crippen LogP contribution in [-0.4, -0.2) is 43.0 Å². The van der Waals surface area contributed by atoms with Crippen LogP contribution in [0.4, 0.5) is 0 Å². The van der Waals surface area contributed by atoms with E-state index in [1.807, 2.05) is 12.4 Å². The van der Waals surface area contributed by atoms with Gasteiger partial charge in [0.15, 0.2) is 0 Å². The number of benzene rings is 1. The van der Waals surface area contributed by atoms with Crippen LogP contribution in [0.2, 0.25) is 0 Å². The lowest BCUT2D eigenvalue weighted by molar-refractivity contribution is 0.0792. The highest BCUT2D eigenvalue weighted by molar-refractivity contribution is 7.13. The number of thiazole rings is 1. The van der Waals surface area contributed by atoms with Crippen LogP contribution in [0.5, 0.6) is 0 Å². The van der Waals surface area contributed by atoms with Crippen molar-refractivity contribution in [3.63, 3.8) is 0 Å². The van der Waals surface area contributed by atoms with Crippen molar-refractivity contribution < 1.29 is 4.79 Å². The normalized spacial score (nSPS) is 10.7. The smallest absolute Gasteiger partial charge is 0.273 e. The number of hydrogen-bond donors (Lipinski definition) is 1. The zero-order valence-corrected chi connectivity index (χ0v) is 13.8. The van der Waals surface area contributed by atoms with Gasteiger partial charge >= 0.3 is 0 Å². The van der Waals surface area contributed by atoms with E-state index in [9.17, 15) is 4.79 Å². The number of rotatable bonds is 5. The van der Waals surface area contributed by atoms with E-state index in [2.05, 4.69) is 42.3 Å². The number of amides is 1. The predicted octanol–water partition coefficient (Wildman–Crippen LogP) is 2.72. The maximum absolute atomic E-state index is 12.3. The molecule has 0 fully saturated rings. The largest absolute Gasteiger partial charge is 0.339 e. The molecule has 2 aromatic rings. The molecule has 0 atom stereocenters. The Morgan fingerprint density at radius 1 is 1.38 bits per heavy atom. The number of likely N-dealkylation sites (N-methyl/N-ethyl adjacent to an activating group) is 2. The van der Waals surface area contributed by atoms with Crippen LogP contribution < -0.4 is 5.32 Å². The minimum absolute atomic E-state index is 0.0301. The van der Waals surface area contributed by atoms with Gasteiger partial charge < -0.3 is 10.2 Å². The van der Waals surface area contributed by atoms with Crippen LogP contribution in [0.25, 0.3) is 10.6 Å². The zero-order chi connectivity index (χ0) is 15.4. The molecule has 0 bridgehead atoms. The van der Waals surface area contributed by atoms with Crippen molar-refractivity contribution in [3.05, 3.63) is 40.4 Å². The summed E-state index contributed by atoms with van der Waals surface area (Å²) in [5.74, 6) is -0.0301. The van der Waals surface area contributed by atoms with E-state index in [0.717, 1.165) is 17.1 Å². The van der Waals surface area contributed by atoms with Gasteiger partial charge in [-0.25, -0.2) is 4.98 Å². The highest BCUT2D eigenvalue weighted by Gasteiger charge is 2.16. The average Bonchev–Trinajstić information content (AvgIpc) is 2.93. The van der Waals surface area contributed by atoms with Crippen LogP contribution in [-0.2, 0) is 0 Å². The third kappa shape index (κ3) is 3.68. The van der Waals surface area contributed by atoms with E-state index in [1.165, 1.54) is 22.5 Å². The second-order valence-corrected chi connectivity index (χ2v) is 6.04. The first-order valence-corrected chi connectivity index (χ1v) is 7.84. The number of nitrogens with zero attached hydrogens (tertiary/aromatic N) is 2. The molecule has 4 nitrogen and oxygen atoms in total. The molecule has 1 amide bonds. The Labute approximate surface area is 129 Å². The summed E-state index contributed by atoms with van der Waals surface area (Å²) >= 11 is 1.52. The molecule has 0 spiro atoms. The summed E-state index contributed by atoms with van der Waals surface area (Å²) in [6, 6.07) is 6.28. The predicted molar refractivity (Wildman–Crippen MR) is 87.9 cm³/mol. The van der Waals surface area contributed by atoms with Crippen molar-refractivity contribution in [2.24, 2.45) is 0 Å². The lowest BCUT2D eigenvalue weighted by Gasteiger charge is -2.15.